The fourth-order valence-electron chi connectivity index (χ4n) is 3.49. The Balaban J connectivity index is 1.74. The lowest BCUT2D eigenvalue weighted by atomic mass is 10.0. The van der Waals surface area contributed by atoms with Crippen molar-refractivity contribution in [1.82, 2.24) is 4.90 Å². The zero-order chi connectivity index (χ0) is 18.9. The molecule has 1 aromatic carbocycles. The lowest BCUT2D eigenvalue weighted by Gasteiger charge is -2.38. The third kappa shape index (κ3) is 3.87. The van der Waals surface area contributed by atoms with Crippen molar-refractivity contribution in [2.75, 3.05) is 43.4 Å². The van der Waals surface area contributed by atoms with Gasteiger partial charge in [-0.1, -0.05) is 12.1 Å². The zero-order valence-corrected chi connectivity index (χ0v) is 16.3. The van der Waals surface area contributed by atoms with E-state index >= 15 is 0 Å². The molecule has 1 aromatic rings. The molecule has 2 fully saturated rings. The molecule has 8 heteroatoms. The Kier molecular flexibility index (Phi) is 5.28. The van der Waals surface area contributed by atoms with Gasteiger partial charge in [0.25, 0.3) is 0 Å². The number of carbonyl (C=O) groups is 1. The van der Waals surface area contributed by atoms with Gasteiger partial charge in [-0.05, 0) is 31.0 Å². The Morgan fingerprint density at radius 2 is 1.81 bits per heavy atom. The molecule has 0 atom stereocenters. The van der Waals surface area contributed by atoms with Crippen LogP contribution >= 0.6 is 0 Å². The van der Waals surface area contributed by atoms with Gasteiger partial charge >= 0.3 is 0 Å². The van der Waals surface area contributed by atoms with Crippen LogP contribution in [0.5, 0.6) is 0 Å². The van der Waals surface area contributed by atoms with Gasteiger partial charge in [-0.3, -0.25) is 9.10 Å². The van der Waals surface area contributed by atoms with E-state index in [1.165, 1.54) is 4.31 Å². The number of carbonyl (C=O) groups excluding carboxylic acids is 1. The highest BCUT2D eigenvalue weighted by Gasteiger charge is 2.41. The first kappa shape index (κ1) is 19.1. The molecule has 144 valence electrons. The van der Waals surface area contributed by atoms with E-state index in [0.29, 0.717) is 44.8 Å². The van der Waals surface area contributed by atoms with Crippen LogP contribution < -0.4 is 4.31 Å². The number of hydrogen-bond acceptors (Lipinski definition) is 5. The summed E-state index contributed by atoms with van der Waals surface area (Å²) in [7, 11) is -3.58. The van der Waals surface area contributed by atoms with Crippen LogP contribution in [0.3, 0.4) is 0 Å². The molecule has 0 bridgehead atoms. The summed E-state index contributed by atoms with van der Waals surface area (Å²) in [5.74, 6) is -0.760. The highest BCUT2D eigenvalue weighted by atomic mass is 32.2. The largest absolute Gasteiger partial charge is 0.347 e. The normalized spacial score (nSPS) is 19.7. The molecule has 0 radical (unpaired) electrons. The van der Waals surface area contributed by atoms with Gasteiger partial charge in [0.2, 0.25) is 15.9 Å². The minimum Gasteiger partial charge on any atom is -0.347 e. The summed E-state index contributed by atoms with van der Waals surface area (Å²) >= 11 is 0. The molecule has 0 unspecified atom stereocenters. The quantitative estimate of drug-likeness (QED) is 0.788. The van der Waals surface area contributed by atoms with E-state index in [9.17, 15) is 13.2 Å². The molecule has 0 aromatic heterocycles. The number of sulfonamides is 1. The van der Waals surface area contributed by atoms with Crippen LogP contribution in [0.4, 0.5) is 5.69 Å². The number of piperidine rings is 1. The summed E-state index contributed by atoms with van der Waals surface area (Å²) in [6, 6.07) is 5.47. The second-order valence-electron chi connectivity index (χ2n) is 6.98. The average molecular weight is 382 g/mol. The van der Waals surface area contributed by atoms with Crippen LogP contribution in [0.25, 0.3) is 0 Å². The summed E-state index contributed by atoms with van der Waals surface area (Å²) < 4.78 is 37.2. The molecule has 0 N–H and O–H groups in total. The van der Waals surface area contributed by atoms with Crippen molar-refractivity contribution in [3.05, 3.63) is 29.3 Å². The zero-order valence-electron chi connectivity index (χ0n) is 15.5. The Labute approximate surface area is 154 Å². The van der Waals surface area contributed by atoms with Crippen molar-refractivity contribution >= 4 is 21.6 Å². The van der Waals surface area contributed by atoms with Crippen LogP contribution in [0, 0.1) is 13.8 Å². The van der Waals surface area contributed by atoms with Gasteiger partial charge in [0.15, 0.2) is 5.79 Å². The van der Waals surface area contributed by atoms with Crippen LogP contribution in [-0.4, -0.2) is 64.1 Å². The Morgan fingerprint density at radius 1 is 1.19 bits per heavy atom. The van der Waals surface area contributed by atoms with Crippen LogP contribution in [0.15, 0.2) is 18.2 Å². The van der Waals surface area contributed by atoms with Crippen molar-refractivity contribution < 1.29 is 22.7 Å². The maximum absolute atomic E-state index is 12.8. The molecular formula is C18H26N2O5S. The van der Waals surface area contributed by atoms with E-state index in [0.717, 1.165) is 17.4 Å². The second kappa shape index (κ2) is 7.17. The van der Waals surface area contributed by atoms with E-state index < -0.39 is 15.8 Å². The molecule has 2 saturated heterocycles. The van der Waals surface area contributed by atoms with Gasteiger partial charge in [0.05, 0.1) is 25.2 Å². The van der Waals surface area contributed by atoms with E-state index in [1.807, 2.05) is 19.9 Å². The van der Waals surface area contributed by atoms with Gasteiger partial charge in [0.1, 0.15) is 6.54 Å². The molecule has 0 saturated carbocycles. The highest BCUT2D eigenvalue weighted by Crippen LogP contribution is 2.31. The molecule has 26 heavy (non-hydrogen) atoms. The first-order valence-electron chi connectivity index (χ1n) is 8.81. The van der Waals surface area contributed by atoms with Gasteiger partial charge in [0, 0.05) is 25.9 Å². The Hall–Kier alpha value is -1.64. The number of aryl methyl sites for hydroxylation is 1. The van der Waals surface area contributed by atoms with Crippen molar-refractivity contribution in [1.29, 1.82) is 0 Å². The number of anilines is 1. The molecule has 2 aliphatic rings. The van der Waals surface area contributed by atoms with Gasteiger partial charge in [-0.15, -0.1) is 0 Å². The number of ether oxygens (including phenoxy) is 2. The summed E-state index contributed by atoms with van der Waals surface area (Å²) in [5.41, 5.74) is 2.40. The molecular weight excluding hydrogens is 356 g/mol. The summed E-state index contributed by atoms with van der Waals surface area (Å²) in [6.45, 7) is 5.77. The minimum atomic E-state index is -3.58. The number of likely N-dealkylation sites (tertiary alicyclic amines) is 1. The van der Waals surface area contributed by atoms with Gasteiger partial charge < -0.3 is 14.4 Å². The molecule has 2 aliphatic heterocycles. The van der Waals surface area contributed by atoms with Gasteiger partial charge in [-0.2, -0.15) is 0 Å². The van der Waals surface area contributed by atoms with E-state index in [2.05, 4.69) is 0 Å². The van der Waals surface area contributed by atoms with Crippen molar-refractivity contribution in [2.45, 2.75) is 32.5 Å². The topological polar surface area (TPSA) is 76.2 Å². The molecule has 1 amide bonds. The molecule has 1 spiro atoms. The third-order valence-electron chi connectivity index (χ3n) is 5.22. The Morgan fingerprint density at radius 3 is 2.38 bits per heavy atom. The summed E-state index contributed by atoms with van der Waals surface area (Å²) in [4.78, 5) is 14.5. The predicted molar refractivity (Wildman–Crippen MR) is 98.6 cm³/mol. The maximum Gasteiger partial charge on any atom is 0.243 e. The average Bonchev–Trinajstić information content (AvgIpc) is 3.03. The fraction of sp³-hybridized carbons (Fsp3) is 0.611. The van der Waals surface area contributed by atoms with Crippen LogP contribution in [-0.2, 0) is 24.3 Å². The first-order chi connectivity index (χ1) is 12.2. The number of hydrogen-bond donors (Lipinski definition) is 0. The summed E-state index contributed by atoms with van der Waals surface area (Å²) in [5, 5.41) is 0. The van der Waals surface area contributed by atoms with Crippen molar-refractivity contribution in [3.8, 4) is 0 Å². The summed E-state index contributed by atoms with van der Waals surface area (Å²) in [6.07, 6.45) is 2.36. The predicted octanol–water partition coefficient (Wildman–Crippen LogP) is 1.43. The maximum atomic E-state index is 12.8. The number of nitrogens with zero attached hydrogens (tertiary/aromatic N) is 2. The van der Waals surface area contributed by atoms with E-state index in [4.69, 9.17) is 9.47 Å². The van der Waals surface area contributed by atoms with Crippen molar-refractivity contribution in [2.24, 2.45) is 0 Å². The minimum absolute atomic E-state index is 0.197. The standard InChI is InChI=1S/C18H26N2O5S/c1-14-5-4-6-16(15(14)2)20(26(3,22)23)13-17(21)19-9-7-18(8-10-19)24-11-12-25-18/h4-6H,7-13H2,1-3H3. The lowest BCUT2D eigenvalue weighted by Crippen LogP contribution is -2.50. The number of rotatable bonds is 4. The smallest absolute Gasteiger partial charge is 0.243 e. The molecule has 2 heterocycles. The number of amides is 1. The van der Waals surface area contributed by atoms with E-state index in [-0.39, 0.29) is 12.5 Å². The second-order valence-corrected chi connectivity index (χ2v) is 8.88. The van der Waals surface area contributed by atoms with E-state index in [1.54, 1.807) is 17.0 Å². The monoisotopic (exact) mass is 382 g/mol. The SMILES string of the molecule is Cc1cccc(N(CC(=O)N2CCC3(CC2)OCCO3)S(C)(=O)=O)c1C. The lowest BCUT2D eigenvalue weighted by molar-refractivity contribution is -0.187. The molecule has 0 aliphatic carbocycles. The number of benzene rings is 1. The van der Waals surface area contributed by atoms with Crippen LogP contribution in [0.1, 0.15) is 24.0 Å². The first-order valence-corrected chi connectivity index (χ1v) is 10.7. The fourth-order valence-corrected chi connectivity index (χ4v) is 4.39. The third-order valence-corrected chi connectivity index (χ3v) is 6.34. The Bertz CT molecular complexity index is 777. The highest BCUT2D eigenvalue weighted by molar-refractivity contribution is 7.92. The molecule has 7 nitrogen and oxygen atoms in total. The van der Waals surface area contributed by atoms with Crippen molar-refractivity contribution in [3.63, 3.8) is 0 Å². The van der Waals surface area contributed by atoms with Gasteiger partial charge in [-0.25, -0.2) is 8.42 Å². The van der Waals surface area contributed by atoms with Crippen LogP contribution in [0.2, 0.25) is 0 Å². The molecule has 3 rings (SSSR count).